The molecule has 1 heterocycles. The Kier molecular flexibility index (Phi) is 4.73. The van der Waals surface area contributed by atoms with E-state index in [4.69, 9.17) is 15.6 Å². The van der Waals surface area contributed by atoms with Crippen molar-refractivity contribution in [2.75, 3.05) is 18.6 Å². The van der Waals surface area contributed by atoms with Gasteiger partial charge in [0.15, 0.2) is 0 Å². The van der Waals surface area contributed by atoms with Gasteiger partial charge in [-0.05, 0) is 25.8 Å². The van der Waals surface area contributed by atoms with Gasteiger partial charge in [-0.2, -0.15) is 0 Å². The van der Waals surface area contributed by atoms with Crippen molar-refractivity contribution in [2.45, 2.75) is 20.3 Å². The molecule has 0 fully saturated rings. The molecule has 0 atom stereocenters. The SMILES string of the molecule is CCOC(=O)c1c(CCO)cn(NC(N)=O)c1C. The molecule has 0 aliphatic carbocycles. The number of nitrogens with two attached hydrogens (primary N) is 1. The van der Waals surface area contributed by atoms with Crippen LogP contribution < -0.4 is 11.2 Å². The van der Waals surface area contributed by atoms with E-state index in [0.717, 1.165) is 0 Å². The monoisotopic (exact) mass is 255 g/mol. The van der Waals surface area contributed by atoms with E-state index in [1.165, 1.54) is 4.68 Å². The molecule has 0 spiro atoms. The Morgan fingerprint density at radius 1 is 1.56 bits per heavy atom. The molecular formula is C11H17N3O4. The first-order valence-electron chi connectivity index (χ1n) is 5.56. The van der Waals surface area contributed by atoms with Crippen LogP contribution in [0.25, 0.3) is 0 Å². The first kappa shape index (κ1) is 14.0. The highest BCUT2D eigenvalue weighted by Gasteiger charge is 2.20. The molecule has 0 aromatic carbocycles. The highest BCUT2D eigenvalue weighted by Crippen LogP contribution is 2.18. The second-order valence-corrected chi connectivity index (χ2v) is 3.65. The maximum atomic E-state index is 11.8. The number of carbonyl (C=O) groups is 2. The molecular weight excluding hydrogens is 238 g/mol. The van der Waals surface area contributed by atoms with Gasteiger partial charge in [-0.1, -0.05) is 0 Å². The van der Waals surface area contributed by atoms with Gasteiger partial charge in [0, 0.05) is 12.8 Å². The molecule has 2 amide bonds. The van der Waals surface area contributed by atoms with Crippen molar-refractivity contribution in [3.05, 3.63) is 23.0 Å². The molecule has 0 bridgehead atoms. The number of carbonyl (C=O) groups excluding carboxylic acids is 2. The summed E-state index contributed by atoms with van der Waals surface area (Å²) in [6, 6.07) is -0.737. The maximum Gasteiger partial charge on any atom is 0.340 e. The van der Waals surface area contributed by atoms with Crippen molar-refractivity contribution < 1.29 is 19.4 Å². The number of aliphatic hydroxyl groups excluding tert-OH is 1. The fourth-order valence-corrected chi connectivity index (χ4v) is 1.70. The number of primary amides is 1. The quantitative estimate of drug-likeness (QED) is 0.650. The standard InChI is InChI=1S/C11H17N3O4/c1-3-18-10(16)9-7(2)14(13-11(12)17)6-8(9)4-5-15/h6,15H,3-5H2,1-2H3,(H3,12,13,17). The number of amides is 2. The van der Waals surface area contributed by atoms with E-state index < -0.39 is 12.0 Å². The number of hydrogen-bond donors (Lipinski definition) is 3. The molecule has 0 aliphatic rings. The minimum Gasteiger partial charge on any atom is -0.462 e. The Hall–Kier alpha value is -2.02. The number of nitrogens with one attached hydrogen (secondary N) is 1. The minimum atomic E-state index is -0.737. The summed E-state index contributed by atoms with van der Waals surface area (Å²) < 4.78 is 6.28. The molecule has 0 unspecified atom stereocenters. The average Bonchev–Trinajstić information content (AvgIpc) is 2.56. The molecule has 18 heavy (non-hydrogen) atoms. The highest BCUT2D eigenvalue weighted by atomic mass is 16.5. The lowest BCUT2D eigenvalue weighted by Crippen LogP contribution is -2.28. The fraction of sp³-hybridized carbons (Fsp3) is 0.455. The third-order valence-electron chi connectivity index (χ3n) is 2.42. The van der Waals surface area contributed by atoms with Crippen molar-refractivity contribution >= 4 is 12.0 Å². The summed E-state index contributed by atoms with van der Waals surface area (Å²) in [5.74, 6) is -0.483. The Bertz CT molecular complexity index is 453. The third-order valence-corrected chi connectivity index (χ3v) is 2.42. The molecule has 1 aromatic heterocycles. The second kappa shape index (κ2) is 6.06. The van der Waals surface area contributed by atoms with E-state index in [-0.39, 0.29) is 13.2 Å². The topological polar surface area (TPSA) is 107 Å². The number of urea groups is 1. The largest absolute Gasteiger partial charge is 0.462 e. The van der Waals surface area contributed by atoms with Crippen LogP contribution in [0, 0.1) is 6.92 Å². The molecule has 4 N–H and O–H groups in total. The van der Waals surface area contributed by atoms with Crippen molar-refractivity contribution in [1.29, 1.82) is 0 Å². The van der Waals surface area contributed by atoms with Crippen LogP contribution in [0.2, 0.25) is 0 Å². The first-order chi connectivity index (χ1) is 8.51. The van der Waals surface area contributed by atoms with Gasteiger partial charge in [0.2, 0.25) is 0 Å². The van der Waals surface area contributed by atoms with E-state index in [1.807, 2.05) is 0 Å². The lowest BCUT2D eigenvalue weighted by molar-refractivity contribution is 0.0524. The molecule has 1 aromatic rings. The summed E-state index contributed by atoms with van der Waals surface area (Å²) >= 11 is 0. The first-order valence-corrected chi connectivity index (χ1v) is 5.56. The summed E-state index contributed by atoms with van der Waals surface area (Å²) in [5.41, 5.74) is 8.84. The van der Waals surface area contributed by atoms with E-state index in [2.05, 4.69) is 5.43 Å². The smallest absolute Gasteiger partial charge is 0.340 e. The summed E-state index contributed by atoms with van der Waals surface area (Å²) in [5, 5.41) is 8.96. The number of nitrogens with zero attached hydrogens (tertiary/aromatic N) is 1. The van der Waals surface area contributed by atoms with Gasteiger partial charge >= 0.3 is 12.0 Å². The number of ether oxygens (including phenoxy) is 1. The van der Waals surface area contributed by atoms with Gasteiger partial charge in [0.1, 0.15) is 0 Å². The third kappa shape index (κ3) is 3.01. The van der Waals surface area contributed by atoms with E-state index in [0.29, 0.717) is 23.2 Å². The van der Waals surface area contributed by atoms with Gasteiger partial charge in [-0.25, -0.2) is 15.0 Å². The lowest BCUT2D eigenvalue weighted by atomic mass is 10.1. The zero-order valence-electron chi connectivity index (χ0n) is 10.4. The lowest BCUT2D eigenvalue weighted by Gasteiger charge is -2.06. The molecule has 1 rings (SSSR count). The van der Waals surface area contributed by atoms with Gasteiger partial charge in [0.25, 0.3) is 0 Å². The molecule has 0 aliphatic heterocycles. The highest BCUT2D eigenvalue weighted by molar-refractivity contribution is 5.93. The fourth-order valence-electron chi connectivity index (χ4n) is 1.70. The summed E-state index contributed by atoms with van der Waals surface area (Å²) in [4.78, 5) is 22.6. The van der Waals surface area contributed by atoms with Crippen LogP contribution in [-0.2, 0) is 11.2 Å². The summed E-state index contributed by atoms with van der Waals surface area (Å²) in [7, 11) is 0. The van der Waals surface area contributed by atoms with Gasteiger partial charge in [-0.3, -0.25) is 4.68 Å². The Balaban J connectivity index is 3.15. The summed E-state index contributed by atoms with van der Waals surface area (Å²) in [6.45, 7) is 3.51. The molecule has 0 saturated heterocycles. The maximum absolute atomic E-state index is 11.8. The molecule has 7 nitrogen and oxygen atoms in total. The van der Waals surface area contributed by atoms with Crippen molar-refractivity contribution in [3.8, 4) is 0 Å². The normalized spacial score (nSPS) is 10.2. The minimum absolute atomic E-state index is 0.105. The molecule has 100 valence electrons. The predicted octanol–water partition coefficient (Wildman–Crippen LogP) is 0.130. The van der Waals surface area contributed by atoms with Crippen molar-refractivity contribution in [3.63, 3.8) is 0 Å². The van der Waals surface area contributed by atoms with Gasteiger partial charge < -0.3 is 15.6 Å². The Labute approximate surface area is 104 Å². The predicted molar refractivity (Wildman–Crippen MR) is 64.9 cm³/mol. The van der Waals surface area contributed by atoms with Crippen LogP contribution in [0.1, 0.15) is 28.5 Å². The van der Waals surface area contributed by atoms with Crippen LogP contribution in [0.4, 0.5) is 4.79 Å². The molecule has 7 heteroatoms. The summed E-state index contributed by atoms with van der Waals surface area (Å²) in [6.07, 6.45) is 1.84. The van der Waals surface area contributed by atoms with Gasteiger partial charge in [0.05, 0.1) is 17.9 Å². The van der Waals surface area contributed by atoms with Gasteiger partial charge in [-0.15, -0.1) is 0 Å². The van der Waals surface area contributed by atoms with E-state index in [9.17, 15) is 9.59 Å². The Morgan fingerprint density at radius 3 is 2.72 bits per heavy atom. The zero-order valence-corrected chi connectivity index (χ0v) is 10.4. The number of rotatable bonds is 5. The number of esters is 1. The van der Waals surface area contributed by atoms with E-state index >= 15 is 0 Å². The number of aliphatic hydroxyl groups is 1. The number of aromatic nitrogens is 1. The Morgan fingerprint density at radius 2 is 2.22 bits per heavy atom. The average molecular weight is 255 g/mol. The van der Waals surface area contributed by atoms with E-state index in [1.54, 1.807) is 20.0 Å². The van der Waals surface area contributed by atoms with Crippen LogP contribution in [0.3, 0.4) is 0 Å². The zero-order chi connectivity index (χ0) is 13.7. The molecule has 0 saturated carbocycles. The van der Waals surface area contributed by atoms with Crippen LogP contribution in [-0.4, -0.2) is 35.0 Å². The van der Waals surface area contributed by atoms with Crippen molar-refractivity contribution in [1.82, 2.24) is 4.68 Å². The number of hydrogen-bond acceptors (Lipinski definition) is 4. The van der Waals surface area contributed by atoms with Crippen LogP contribution >= 0.6 is 0 Å². The molecule has 0 radical (unpaired) electrons. The second-order valence-electron chi connectivity index (χ2n) is 3.65. The van der Waals surface area contributed by atoms with Crippen LogP contribution in [0.15, 0.2) is 6.20 Å². The van der Waals surface area contributed by atoms with Crippen molar-refractivity contribution in [2.24, 2.45) is 5.73 Å². The van der Waals surface area contributed by atoms with Crippen LogP contribution in [0.5, 0.6) is 0 Å².